The molecule has 0 bridgehead atoms. The van der Waals surface area contributed by atoms with E-state index < -0.39 is 5.97 Å². The van der Waals surface area contributed by atoms with E-state index in [-0.39, 0.29) is 5.91 Å². The van der Waals surface area contributed by atoms with Gasteiger partial charge >= 0.3 is 5.97 Å². The minimum atomic E-state index is -0.507. The number of amides is 1. The van der Waals surface area contributed by atoms with Crippen molar-refractivity contribution >= 4 is 34.9 Å². The van der Waals surface area contributed by atoms with Gasteiger partial charge in [0.25, 0.3) is 5.91 Å². The summed E-state index contributed by atoms with van der Waals surface area (Å²) >= 11 is 6.12. The van der Waals surface area contributed by atoms with E-state index in [1.165, 1.54) is 31.5 Å². The third-order valence-electron chi connectivity index (χ3n) is 3.75. The van der Waals surface area contributed by atoms with Gasteiger partial charge in [-0.2, -0.15) is 0 Å². The van der Waals surface area contributed by atoms with Gasteiger partial charge in [-0.25, -0.2) is 4.79 Å². The van der Waals surface area contributed by atoms with Gasteiger partial charge in [-0.1, -0.05) is 11.6 Å². The number of hydrogen-bond donors (Lipinski definition) is 2. The highest BCUT2D eigenvalue weighted by Crippen LogP contribution is 2.24. The lowest BCUT2D eigenvalue weighted by atomic mass is 10.2. The third kappa shape index (κ3) is 6.23. The number of nitrogens with zero attached hydrogens (tertiary/aromatic N) is 2. The first-order chi connectivity index (χ1) is 12.9. The molecule has 0 aliphatic heterocycles. The lowest BCUT2D eigenvalue weighted by Gasteiger charge is -2.12. The molecule has 7 nitrogen and oxygen atoms in total. The van der Waals surface area contributed by atoms with E-state index in [0.717, 1.165) is 25.2 Å². The van der Waals surface area contributed by atoms with Crippen LogP contribution in [0.5, 0.6) is 0 Å². The number of esters is 1. The maximum atomic E-state index is 12.5. The van der Waals surface area contributed by atoms with Crippen LogP contribution >= 0.6 is 11.6 Å². The number of nitrogens with one attached hydrogen (secondary N) is 2. The maximum Gasteiger partial charge on any atom is 0.337 e. The SMILES string of the molecule is COC(=O)c1ccc(Cl)c(NC(=O)c2cncc(NCCCN(C)C)c2)c1. The highest BCUT2D eigenvalue weighted by atomic mass is 35.5. The topological polar surface area (TPSA) is 83.6 Å². The number of aromatic nitrogens is 1. The van der Waals surface area contributed by atoms with E-state index >= 15 is 0 Å². The van der Waals surface area contributed by atoms with Crippen LogP contribution in [0.15, 0.2) is 36.7 Å². The number of carbonyl (C=O) groups is 2. The number of methoxy groups -OCH3 is 1. The minimum absolute atomic E-state index is 0.298. The van der Waals surface area contributed by atoms with Crippen molar-refractivity contribution in [1.82, 2.24) is 9.88 Å². The van der Waals surface area contributed by atoms with Gasteiger partial charge in [0.1, 0.15) is 0 Å². The van der Waals surface area contributed by atoms with Crippen molar-refractivity contribution in [2.24, 2.45) is 0 Å². The fraction of sp³-hybridized carbons (Fsp3) is 0.316. The number of halogens is 1. The molecule has 2 N–H and O–H groups in total. The first-order valence-electron chi connectivity index (χ1n) is 8.43. The van der Waals surface area contributed by atoms with Gasteiger partial charge in [-0.15, -0.1) is 0 Å². The van der Waals surface area contributed by atoms with Gasteiger partial charge in [-0.05, 0) is 51.3 Å². The Morgan fingerprint density at radius 1 is 1.19 bits per heavy atom. The van der Waals surface area contributed by atoms with Gasteiger partial charge in [0.15, 0.2) is 0 Å². The van der Waals surface area contributed by atoms with Crippen molar-refractivity contribution < 1.29 is 14.3 Å². The third-order valence-corrected chi connectivity index (χ3v) is 4.08. The van der Waals surface area contributed by atoms with E-state index in [2.05, 4.69) is 25.3 Å². The predicted octanol–water partition coefficient (Wildman–Crippen LogP) is 3.14. The standard InChI is InChI=1S/C19H23ClN4O3/c1-24(2)8-4-7-22-15-9-14(11-21-12-15)18(25)23-17-10-13(19(26)27-3)5-6-16(17)20/h5-6,9-12,22H,4,7-8H2,1-3H3,(H,23,25). The number of hydrogen-bond acceptors (Lipinski definition) is 6. The summed E-state index contributed by atoms with van der Waals surface area (Å²) in [6.07, 6.45) is 4.11. The summed E-state index contributed by atoms with van der Waals surface area (Å²) in [6.45, 7) is 1.74. The summed E-state index contributed by atoms with van der Waals surface area (Å²) in [7, 11) is 5.33. The van der Waals surface area contributed by atoms with Crippen LogP contribution in [0.3, 0.4) is 0 Å². The van der Waals surface area contributed by atoms with Gasteiger partial charge in [0.2, 0.25) is 0 Å². The quantitative estimate of drug-likeness (QED) is 0.532. The number of carbonyl (C=O) groups excluding carboxylic acids is 2. The molecule has 1 amide bonds. The van der Waals surface area contributed by atoms with Crippen molar-refractivity contribution in [3.63, 3.8) is 0 Å². The predicted molar refractivity (Wildman–Crippen MR) is 107 cm³/mol. The average molecular weight is 391 g/mol. The minimum Gasteiger partial charge on any atom is -0.465 e. The number of pyridine rings is 1. The Morgan fingerprint density at radius 3 is 2.67 bits per heavy atom. The van der Waals surface area contributed by atoms with Crippen molar-refractivity contribution in [2.45, 2.75) is 6.42 Å². The monoisotopic (exact) mass is 390 g/mol. The fourth-order valence-electron chi connectivity index (χ4n) is 2.35. The zero-order valence-corrected chi connectivity index (χ0v) is 16.3. The molecule has 0 radical (unpaired) electrons. The second kappa shape index (κ2) is 9.89. The van der Waals surface area contributed by atoms with Crippen LogP contribution < -0.4 is 10.6 Å². The lowest BCUT2D eigenvalue weighted by Crippen LogP contribution is -2.17. The number of anilines is 2. The summed E-state index contributed by atoms with van der Waals surface area (Å²) in [5.74, 6) is -0.879. The second-order valence-corrected chi connectivity index (χ2v) is 6.59. The molecule has 0 fully saturated rings. The molecular formula is C19H23ClN4O3. The summed E-state index contributed by atoms with van der Waals surface area (Å²) in [5, 5.41) is 6.27. The Morgan fingerprint density at radius 2 is 1.96 bits per heavy atom. The molecule has 0 unspecified atom stereocenters. The highest BCUT2D eigenvalue weighted by Gasteiger charge is 2.13. The maximum absolute atomic E-state index is 12.5. The molecule has 0 saturated heterocycles. The summed E-state index contributed by atoms with van der Waals surface area (Å²) in [5.41, 5.74) is 1.77. The molecule has 144 valence electrons. The Labute approximate surface area is 163 Å². The van der Waals surface area contributed by atoms with Crippen LogP contribution in [0, 0.1) is 0 Å². The van der Waals surface area contributed by atoms with Crippen LogP contribution in [0.4, 0.5) is 11.4 Å². The summed E-state index contributed by atoms with van der Waals surface area (Å²) in [6, 6.07) is 6.26. The van der Waals surface area contributed by atoms with Crippen LogP contribution in [-0.2, 0) is 4.74 Å². The second-order valence-electron chi connectivity index (χ2n) is 6.19. The lowest BCUT2D eigenvalue weighted by molar-refractivity contribution is 0.0600. The van der Waals surface area contributed by atoms with E-state index in [9.17, 15) is 9.59 Å². The van der Waals surface area contributed by atoms with E-state index in [1.807, 2.05) is 14.1 Å². The number of ether oxygens (including phenoxy) is 1. The van der Waals surface area contributed by atoms with Gasteiger partial charge < -0.3 is 20.3 Å². The molecule has 1 aromatic heterocycles. The van der Waals surface area contributed by atoms with E-state index in [4.69, 9.17) is 11.6 Å². The first kappa shape index (κ1) is 20.7. The zero-order chi connectivity index (χ0) is 19.8. The van der Waals surface area contributed by atoms with Crippen molar-refractivity contribution in [1.29, 1.82) is 0 Å². The van der Waals surface area contributed by atoms with Gasteiger partial charge in [0.05, 0.1) is 34.6 Å². The van der Waals surface area contributed by atoms with Gasteiger partial charge in [0, 0.05) is 18.9 Å². The molecule has 1 aromatic carbocycles. The number of benzene rings is 1. The van der Waals surface area contributed by atoms with Crippen LogP contribution in [-0.4, -0.2) is 56.1 Å². The Hall–Kier alpha value is -2.64. The molecule has 0 aliphatic carbocycles. The molecule has 27 heavy (non-hydrogen) atoms. The summed E-state index contributed by atoms with van der Waals surface area (Å²) in [4.78, 5) is 30.4. The molecule has 0 atom stereocenters. The van der Waals surface area contributed by atoms with E-state index in [0.29, 0.717) is 21.8 Å². The van der Waals surface area contributed by atoms with Crippen LogP contribution in [0.1, 0.15) is 27.1 Å². The van der Waals surface area contributed by atoms with Crippen molar-refractivity contribution in [3.8, 4) is 0 Å². The Balaban J connectivity index is 2.06. The fourth-order valence-corrected chi connectivity index (χ4v) is 2.51. The molecular weight excluding hydrogens is 368 g/mol. The molecule has 1 heterocycles. The largest absolute Gasteiger partial charge is 0.465 e. The van der Waals surface area contributed by atoms with Gasteiger partial charge in [-0.3, -0.25) is 9.78 Å². The molecule has 0 aliphatic rings. The van der Waals surface area contributed by atoms with Crippen LogP contribution in [0.2, 0.25) is 5.02 Å². The molecule has 2 rings (SSSR count). The van der Waals surface area contributed by atoms with Crippen LogP contribution in [0.25, 0.3) is 0 Å². The van der Waals surface area contributed by atoms with Crippen molar-refractivity contribution in [3.05, 3.63) is 52.8 Å². The highest BCUT2D eigenvalue weighted by molar-refractivity contribution is 6.34. The first-order valence-corrected chi connectivity index (χ1v) is 8.81. The molecule has 2 aromatic rings. The normalized spacial score (nSPS) is 10.6. The Bertz CT molecular complexity index is 811. The number of rotatable bonds is 8. The average Bonchev–Trinajstić information content (AvgIpc) is 2.66. The van der Waals surface area contributed by atoms with E-state index in [1.54, 1.807) is 12.3 Å². The molecule has 8 heteroatoms. The van der Waals surface area contributed by atoms with Crippen molar-refractivity contribution in [2.75, 3.05) is 44.9 Å². The molecule has 0 saturated carbocycles. The summed E-state index contributed by atoms with van der Waals surface area (Å²) < 4.78 is 4.68. The Kier molecular flexibility index (Phi) is 7.57. The smallest absolute Gasteiger partial charge is 0.337 e. The molecule has 0 spiro atoms. The zero-order valence-electron chi connectivity index (χ0n) is 15.6.